The highest BCUT2D eigenvalue weighted by molar-refractivity contribution is 7.80. The monoisotopic (exact) mass is 261 g/mol. The van der Waals surface area contributed by atoms with E-state index in [2.05, 4.69) is 4.98 Å². The highest BCUT2D eigenvalue weighted by Crippen LogP contribution is 2.22. The number of halogens is 1. The van der Waals surface area contributed by atoms with Crippen LogP contribution in [-0.2, 0) is 0 Å². The number of rotatable bonds is 3. The van der Waals surface area contributed by atoms with Gasteiger partial charge < -0.3 is 10.6 Å². The van der Waals surface area contributed by atoms with Crippen molar-refractivity contribution in [2.45, 2.75) is 0 Å². The minimum absolute atomic E-state index is 0.255. The third-order valence-electron chi connectivity index (χ3n) is 2.60. The van der Waals surface area contributed by atoms with E-state index < -0.39 is 0 Å². The molecule has 1 aromatic carbocycles. The van der Waals surface area contributed by atoms with E-state index >= 15 is 0 Å². The van der Waals surface area contributed by atoms with E-state index in [1.54, 1.807) is 24.4 Å². The predicted molar refractivity (Wildman–Crippen MR) is 74.6 cm³/mol. The molecule has 0 atom stereocenters. The maximum atomic E-state index is 12.8. The fourth-order valence-electron chi connectivity index (χ4n) is 1.54. The van der Waals surface area contributed by atoms with Gasteiger partial charge in [0.15, 0.2) is 0 Å². The summed E-state index contributed by atoms with van der Waals surface area (Å²) in [5.74, 6) is -0.255. The Morgan fingerprint density at radius 2 is 1.78 bits per heavy atom. The lowest BCUT2D eigenvalue weighted by molar-refractivity contribution is 0.628. The lowest BCUT2D eigenvalue weighted by atomic mass is 10.2. The second-order valence-corrected chi connectivity index (χ2v) is 4.24. The smallest absolute Gasteiger partial charge is 0.123 e. The van der Waals surface area contributed by atoms with Crippen LogP contribution >= 0.6 is 12.2 Å². The summed E-state index contributed by atoms with van der Waals surface area (Å²) in [6, 6.07) is 9.88. The molecule has 0 fully saturated rings. The van der Waals surface area contributed by atoms with Gasteiger partial charge in [-0.1, -0.05) is 12.2 Å². The quantitative estimate of drug-likeness (QED) is 0.862. The zero-order valence-electron chi connectivity index (χ0n) is 9.80. The number of thiocarbonyl (C=S) groups is 1. The molecule has 0 saturated heterocycles. The standard InChI is InChI=1S/C13H12FN3S/c1-17(10-4-2-9(14)3-5-10)11-6-7-12(13(15)18)16-8-11/h2-8H,1H3,(H2,15,18). The van der Waals surface area contributed by atoms with E-state index in [4.69, 9.17) is 18.0 Å². The first kappa shape index (κ1) is 12.4. The first-order valence-electron chi connectivity index (χ1n) is 5.33. The van der Waals surface area contributed by atoms with Crippen LogP contribution in [0, 0.1) is 5.82 Å². The zero-order valence-corrected chi connectivity index (χ0v) is 10.6. The average molecular weight is 261 g/mol. The fourth-order valence-corrected chi connectivity index (χ4v) is 1.66. The summed E-state index contributed by atoms with van der Waals surface area (Å²) in [4.78, 5) is 6.33. The van der Waals surface area contributed by atoms with Crippen LogP contribution in [0.1, 0.15) is 5.69 Å². The summed E-state index contributed by atoms with van der Waals surface area (Å²) in [5.41, 5.74) is 7.82. The maximum absolute atomic E-state index is 12.8. The Morgan fingerprint density at radius 3 is 2.28 bits per heavy atom. The van der Waals surface area contributed by atoms with Crippen molar-refractivity contribution in [2.75, 3.05) is 11.9 Å². The van der Waals surface area contributed by atoms with Crippen LogP contribution in [0.2, 0.25) is 0 Å². The lowest BCUT2D eigenvalue weighted by Crippen LogP contribution is -2.13. The minimum Gasteiger partial charge on any atom is -0.388 e. The highest BCUT2D eigenvalue weighted by atomic mass is 32.1. The van der Waals surface area contributed by atoms with Gasteiger partial charge in [-0.05, 0) is 36.4 Å². The first-order valence-corrected chi connectivity index (χ1v) is 5.74. The van der Waals surface area contributed by atoms with Gasteiger partial charge in [0.05, 0.1) is 17.6 Å². The highest BCUT2D eigenvalue weighted by Gasteiger charge is 2.05. The molecule has 2 N–H and O–H groups in total. The van der Waals surface area contributed by atoms with Gasteiger partial charge in [-0.3, -0.25) is 4.98 Å². The molecule has 0 amide bonds. The normalized spacial score (nSPS) is 10.1. The van der Waals surface area contributed by atoms with Crippen LogP contribution in [0.4, 0.5) is 15.8 Å². The van der Waals surface area contributed by atoms with Crippen molar-refractivity contribution in [2.24, 2.45) is 5.73 Å². The van der Waals surface area contributed by atoms with E-state index in [1.807, 2.05) is 18.0 Å². The Morgan fingerprint density at radius 1 is 1.17 bits per heavy atom. The molecule has 0 saturated carbocycles. The molecular weight excluding hydrogens is 249 g/mol. The van der Waals surface area contributed by atoms with Crippen LogP contribution in [0.3, 0.4) is 0 Å². The van der Waals surface area contributed by atoms with Gasteiger partial charge in [-0.15, -0.1) is 0 Å². The molecule has 0 aliphatic heterocycles. The largest absolute Gasteiger partial charge is 0.388 e. The summed E-state index contributed by atoms with van der Waals surface area (Å²) < 4.78 is 12.8. The molecule has 2 rings (SSSR count). The third kappa shape index (κ3) is 2.62. The van der Waals surface area contributed by atoms with Crippen LogP contribution < -0.4 is 10.6 Å². The number of nitrogens with zero attached hydrogens (tertiary/aromatic N) is 2. The van der Waals surface area contributed by atoms with E-state index in [9.17, 15) is 4.39 Å². The van der Waals surface area contributed by atoms with Crippen molar-refractivity contribution < 1.29 is 4.39 Å². The molecule has 0 aliphatic carbocycles. The van der Waals surface area contributed by atoms with E-state index in [0.29, 0.717) is 5.69 Å². The summed E-state index contributed by atoms with van der Waals surface area (Å²) in [6.07, 6.45) is 1.68. The number of hydrogen-bond acceptors (Lipinski definition) is 3. The molecular formula is C13H12FN3S. The van der Waals surface area contributed by atoms with Crippen molar-refractivity contribution in [1.82, 2.24) is 4.98 Å². The lowest BCUT2D eigenvalue weighted by Gasteiger charge is -2.19. The third-order valence-corrected chi connectivity index (χ3v) is 2.81. The van der Waals surface area contributed by atoms with Gasteiger partial charge >= 0.3 is 0 Å². The Labute approximate surface area is 110 Å². The number of pyridine rings is 1. The summed E-state index contributed by atoms with van der Waals surface area (Å²) >= 11 is 4.84. The molecule has 0 unspecified atom stereocenters. The minimum atomic E-state index is -0.255. The Kier molecular flexibility index (Phi) is 3.53. The molecule has 18 heavy (non-hydrogen) atoms. The van der Waals surface area contributed by atoms with Crippen molar-refractivity contribution in [3.05, 3.63) is 54.1 Å². The molecule has 0 aliphatic rings. The topological polar surface area (TPSA) is 42.1 Å². The van der Waals surface area contributed by atoms with Crippen LogP contribution in [0.5, 0.6) is 0 Å². The molecule has 0 spiro atoms. The SMILES string of the molecule is CN(c1ccc(F)cc1)c1ccc(C(N)=S)nc1. The molecule has 0 bridgehead atoms. The van der Waals surface area contributed by atoms with Crippen molar-refractivity contribution in [1.29, 1.82) is 0 Å². The van der Waals surface area contributed by atoms with E-state index in [-0.39, 0.29) is 10.8 Å². The number of nitrogens with two attached hydrogens (primary N) is 1. The van der Waals surface area contributed by atoms with Crippen LogP contribution in [-0.4, -0.2) is 17.0 Å². The first-order chi connectivity index (χ1) is 8.58. The van der Waals surface area contributed by atoms with Gasteiger partial charge in [-0.2, -0.15) is 0 Å². The zero-order chi connectivity index (χ0) is 13.1. The van der Waals surface area contributed by atoms with Crippen LogP contribution in [0.15, 0.2) is 42.6 Å². The molecule has 1 heterocycles. The van der Waals surface area contributed by atoms with Gasteiger partial charge in [0.25, 0.3) is 0 Å². The number of benzene rings is 1. The molecule has 1 aromatic heterocycles. The Bertz CT molecular complexity index is 551. The second-order valence-electron chi connectivity index (χ2n) is 3.80. The predicted octanol–water partition coefficient (Wildman–Crippen LogP) is 2.62. The number of anilines is 2. The molecule has 5 heteroatoms. The number of hydrogen-bond donors (Lipinski definition) is 1. The summed E-state index contributed by atoms with van der Waals surface area (Å²) in [6.45, 7) is 0. The Hall–Kier alpha value is -2.01. The molecule has 92 valence electrons. The number of aromatic nitrogens is 1. The van der Waals surface area contributed by atoms with E-state index in [1.165, 1.54) is 12.1 Å². The van der Waals surface area contributed by atoms with Crippen molar-refractivity contribution in [3.63, 3.8) is 0 Å². The molecule has 0 radical (unpaired) electrons. The molecule has 3 nitrogen and oxygen atoms in total. The fraction of sp³-hybridized carbons (Fsp3) is 0.0769. The Balaban J connectivity index is 2.25. The van der Waals surface area contributed by atoms with Crippen LogP contribution in [0.25, 0.3) is 0 Å². The van der Waals surface area contributed by atoms with E-state index in [0.717, 1.165) is 11.4 Å². The van der Waals surface area contributed by atoms with Crippen molar-refractivity contribution >= 4 is 28.6 Å². The van der Waals surface area contributed by atoms with Crippen molar-refractivity contribution in [3.8, 4) is 0 Å². The second kappa shape index (κ2) is 5.10. The van der Waals surface area contributed by atoms with Gasteiger partial charge in [0.1, 0.15) is 10.8 Å². The summed E-state index contributed by atoms with van der Waals surface area (Å²) in [5, 5.41) is 0. The van der Waals surface area contributed by atoms with Gasteiger partial charge in [0, 0.05) is 12.7 Å². The van der Waals surface area contributed by atoms with Gasteiger partial charge in [0.2, 0.25) is 0 Å². The summed E-state index contributed by atoms with van der Waals surface area (Å²) in [7, 11) is 1.88. The van der Waals surface area contributed by atoms with Gasteiger partial charge in [-0.25, -0.2) is 4.39 Å². The average Bonchev–Trinajstić information content (AvgIpc) is 2.39. The maximum Gasteiger partial charge on any atom is 0.123 e. The molecule has 2 aromatic rings.